The third-order valence-corrected chi connectivity index (χ3v) is 6.08. The molecule has 0 spiro atoms. The van der Waals surface area contributed by atoms with E-state index in [1.165, 1.54) is 16.0 Å². The molecule has 3 N–H and O–H groups in total. The lowest BCUT2D eigenvalue weighted by Gasteiger charge is -2.34. The van der Waals surface area contributed by atoms with Crippen molar-refractivity contribution < 1.29 is 14.6 Å². The van der Waals surface area contributed by atoms with E-state index in [4.69, 9.17) is 0 Å². The van der Waals surface area contributed by atoms with E-state index in [0.29, 0.717) is 0 Å². The van der Waals surface area contributed by atoms with Crippen molar-refractivity contribution in [2.24, 2.45) is 5.92 Å². The third-order valence-electron chi connectivity index (χ3n) is 6.08. The van der Waals surface area contributed by atoms with E-state index >= 15 is 0 Å². The van der Waals surface area contributed by atoms with Gasteiger partial charge >= 0.3 is 0 Å². The lowest BCUT2D eigenvalue weighted by molar-refractivity contribution is -1.02. The molecule has 0 aliphatic carbocycles. The van der Waals surface area contributed by atoms with Crippen molar-refractivity contribution in [2.45, 2.75) is 52.7 Å². The van der Waals surface area contributed by atoms with E-state index < -0.39 is 5.54 Å². The first-order chi connectivity index (χ1) is 12.3. The van der Waals surface area contributed by atoms with E-state index in [2.05, 4.69) is 42.6 Å². The minimum absolute atomic E-state index is 0.0138. The van der Waals surface area contributed by atoms with Crippen LogP contribution in [-0.2, 0) is 11.3 Å². The van der Waals surface area contributed by atoms with Crippen LogP contribution in [0.25, 0.3) is 0 Å². The van der Waals surface area contributed by atoms with Gasteiger partial charge < -0.3 is 15.1 Å². The molecule has 2 atom stereocenters. The molecule has 1 fully saturated rings. The Hall–Kier alpha value is -1.90. The summed E-state index contributed by atoms with van der Waals surface area (Å²) in [6, 6.07) is 10.7. The molecule has 0 bridgehead atoms. The Bertz CT molecular complexity index is 658. The summed E-state index contributed by atoms with van der Waals surface area (Å²) < 4.78 is 0. The van der Waals surface area contributed by atoms with Crippen molar-refractivity contribution in [3.8, 4) is 6.07 Å². The number of quaternary nitrogens is 2. The van der Waals surface area contributed by atoms with Crippen LogP contribution in [0.3, 0.4) is 0 Å². The number of piperazine rings is 1. The number of carbonyl (C=O) groups excluding carboxylic acids is 1. The highest BCUT2D eigenvalue weighted by Crippen LogP contribution is 2.15. The fraction of sp³-hybridized carbons (Fsp3) is 0.619. The lowest BCUT2D eigenvalue weighted by Crippen LogP contribution is -3.29. The molecule has 0 aromatic heterocycles. The van der Waals surface area contributed by atoms with Gasteiger partial charge in [0.05, 0.1) is 6.07 Å². The second kappa shape index (κ2) is 8.66. The molecule has 0 unspecified atom stereocenters. The second-order valence-corrected chi connectivity index (χ2v) is 8.19. The number of carbonyl (C=O) groups is 1. The quantitative estimate of drug-likeness (QED) is 0.655. The van der Waals surface area contributed by atoms with Crippen molar-refractivity contribution in [3.05, 3.63) is 35.4 Å². The molecule has 1 aromatic rings. The van der Waals surface area contributed by atoms with Gasteiger partial charge in [0, 0.05) is 5.56 Å². The van der Waals surface area contributed by atoms with Gasteiger partial charge in [0.15, 0.2) is 6.04 Å². The van der Waals surface area contributed by atoms with Gasteiger partial charge in [-0.05, 0) is 32.3 Å². The van der Waals surface area contributed by atoms with Crippen LogP contribution in [0.1, 0.15) is 38.8 Å². The SMILES string of the molecule is Cc1ccccc1C[NH+]1CC[NH+]([C@@H](C)C(=O)N[C@@](C)(C#N)C(C)C)CC1. The first-order valence-electron chi connectivity index (χ1n) is 9.72. The van der Waals surface area contributed by atoms with E-state index in [1.54, 1.807) is 4.90 Å². The summed E-state index contributed by atoms with van der Waals surface area (Å²) in [4.78, 5) is 15.6. The van der Waals surface area contributed by atoms with Gasteiger partial charge in [-0.1, -0.05) is 38.1 Å². The zero-order chi connectivity index (χ0) is 19.3. The highest BCUT2D eigenvalue weighted by atomic mass is 16.2. The molecule has 26 heavy (non-hydrogen) atoms. The Morgan fingerprint density at radius 3 is 2.38 bits per heavy atom. The van der Waals surface area contributed by atoms with Gasteiger partial charge in [0.1, 0.15) is 38.3 Å². The monoisotopic (exact) mass is 358 g/mol. The Morgan fingerprint density at radius 1 is 1.23 bits per heavy atom. The van der Waals surface area contributed by atoms with Gasteiger partial charge in [-0.3, -0.25) is 4.79 Å². The highest BCUT2D eigenvalue weighted by molar-refractivity contribution is 5.81. The maximum absolute atomic E-state index is 12.6. The number of nitrogens with one attached hydrogen (secondary N) is 3. The molecule has 2 rings (SSSR count). The van der Waals surface area contributed by atoms with Crippen molar-refractivity contribution in [3.63, 3.8) is 0 Å². The molecule has 1 aliphatic heterocycles. The van der Waals surface area contributed by atoms with Crippen molar-refractivity contribution in [1.82, 2.24) is 5.32 Å². The number of hydrogen-bond acceptors (Lipinski definition) is 2. The minimum atomic E-state index is -0.803. The smallest absolute Gasteiger partial charge is 0.279 e. The average molecular weight is 359 g/mol. The molecule has 142 valence electrons. The van der Waals surface area contributed by atoms with Gasteiger partial charge in [0.2, 0.25) is 0 Å². The Kier molecular flexibility index (Phi) is 6.80. The van der Waals surface area contributed by atoms with Crippen LogP contribution in [0.4, 0.5) is 0 Å². The molecule has 1 saturated heterocycles. The predicted molar refractivity (Wildman–Crippen MR) is 103 cm³/mol. The number of benzene rings is 1. The molecule has 1 aliphatic rings. The topological polar surface area (TPSA) is 61.8 Å². The van der Waals surface area contributed by atoms with Gasteiger partial charge in [0.25, 0.3) is 5.91 Å². The van der Waals surface area contributed by atoms with Crippen LogP contribution in [-0.4, -0.2) is 43.7 Å². The van der Waals surface area contributed by atoms with Crippen LogP contribution in [0.15, 0.2) is 24.3 Å². The normalized spacial score (nSPS) is 23.7. The van der Waals surface area contributed by atoms with E-state index in [0.717, 1.165) is 32.7 Å². The first kappa shape index (κ1) is 20.4. The molecular formula is C21H34N4O+2. The summed E-state index contributed by atoms with van der Waals surface area (Å²) in [5, 5.41) is 12.4. The number of rotatable bonds is 6. The summed E-state index contributed by atoms with van der Waals surface area (Å²) in [7, 11) is 0. The molecule has 5 nitrogen and oxygen atoms in total. The molecule has 5 heteroatoms. The van der Waals surface area contributed by atoms with E-state index in [-0.39, 0.29) is 17.9 Å². The first-order valence-corrected chi connectivity index (χ1v) is 9.72. The van der Waals surface area contributed by atoms with Crippen LogP contribution >= 0.6 is 0 Å². The number of hydrogen-bond donors (Lipinski definition) is 3. The summed E-state index contributed by atoms with van der Waals surface area (Å²) in [5.74, 6) is 0.0640. The van der Waals surface area contributed by atoms with Crippen LogP contribution in [0.5, 0.6) is 0 Å². The number of amides is 1. The summed E-state index contributed by atoms with van der Waals surface area (Å²) in [5.41, 5.74) is 1.97. The zero-order valence-electron chi connectivity index (χ0n) is 16.9. The minimum Gasteiger partial charge on any atom is -0.333 e. The molecular weight excluding hydrogens is 324 g/mol. The Labute approximate surface area is 158 Å². The Morgan fingerprint density at radius 2 is 1.85 bits per heavy atom. The maximum Gasteiger partial charge on any atom is 0.279 e. The lowest BCUT2D eigenvalue weighted by atomic mass is 9.89. The summed E-state index contributed by atoms with van der Waals surface area (Å²) in [6.45, 7) is 15.1. The number of aryl methyl sites for hydroxylation is 1. The van der Waals surface area contributed by atoms with Gasteiger partial charge in [-0.15, -0.1) is 0 Å². The predicted octanol–water partition coefficient (Wildman–Crippen LogP) is -0.279. The fourth-order valence-electron chi connectivity index (χ4n) is 3.46. The molecule has 1 heterocycles. The van der Waals surface area contributed by atoms with Crippen LogP contribution < -0.4 is 15.1 Å². The van der Waals surface area contributed by atoms with Crippen LogP contribution in [0, 0.1) is 24.2 Å². The van der Waals surface area contributed by atoms with Gasteiger partial charge in [-0.2, -0.15) is 5.26 Å². The number of nitriles is 1. The fourth-order valence-corrected chi connectivity index (χ4v) is 3.46. The number of nitrogens with zero attached hydrogens (tertiary/aromatic N) is 1. The molecule has 0 radical (unpaired) electrons. The largest absolute Gasteiger partial charge is 0.333 e. The molecule has 0 saturated carbocycles. The summed E-state index contributed by atoms with van der Waals surface area (Å²) >= 11 is 0. The second-order valence-electron chi connectivity index (χ2n) is 8.19. The van der Waals surface area contributed by atoms with Crippen molar-refractivity contribution >= 4 is 5.91 Å². The Balaban J connectivity index is 1.88. The average Bonchev–Trinajstić information content (AvgIpc) is 2.63. The van der Waals surface area contributed by atoms with E-state index in [1.807, 2.05) is 27.7 Å². The summed E-state index contributed by atoms with van der Waals surface area (Å²) in [6.07, 6.45) is 0. The highest BCUT2D eigenvalue weighted by Gasteiger charge is 2.36. The van der Waals surface area contributed by atoms with Crippen LogP contribution in [0.2, 0.25) is 0 Å². The molecule has 1 amide bonds. The van der Waals surface area contributed by atoms with Crippen molar-refractivity contribution in [1.29, 1.82) is 5.26 Å². The molecule has 1 aromatic carbocycles. The standard InChI is InChI=1S/C21H32N4O/c1-16(2)21(5,15-22)23-20(26)18(4)25-12-10-24(11-13-25)14-19-9-7-6-8-17(19)3/h6-9,16,18H,10-14H2,1-5H3,(H,23,26)/p+2/t18-,21-/m0/s1. The van der Waals surface area contributed by atoms with Crippen molar-refractivity contribution in [2.75, 3.05) is 26.2 Å². The van der Waals surface area contributed by atoms with Gasteiger partial charge in [-0.25, -0.2) is 0 Å². The maximum atomic E-state index is 12.6. The van der Waals surface area contributed by atoms with E-state index in [9.17, 15) is 10.1 Å². The third kappa shape index (κ3) is 4.84. The zero-order valence-corrected chi connectivity index (χ0v) is 16.9.